The van der Waals surface area contributed by atoms with Gasteiger partial charge in [0.05, 0.1) is 16.4 Å². The van der Waals surface area contributed by atoms with Gasteiger partial charge in [-0.15, -0.1) is 22.0 Å². The van der Waals surface area contributed by atoms with Crippen molar-refractivity contribution in [1.29, 1.82) is 0 Å². The highest BCUT2D eigenvalue weighted by Gasteiger charge is 2.23. The molecule has 1 aromatic heterocycles. The predicted octanol–water partition coefficient (Wildman–Crippen LogP) is 3.39. The summed E-state index contributed by atoms with van der Waals surface area (Å²) >= 11 is 1.82. The van der Waals surface area contributed by atoms with Gasteiger partial charge in [0.25, 0.3) is 0 Å². The summed E-state index contributed by atoms with van der Waals surface area (Å²) in [5.41, 5.74) is 0.651. The second-order valence-corrected chi connectivity index (χ2v) is 5.96. The first-order valence-electron chi connectivity index (χ1n) is 6.53. The Morgan fingerprint density at radius 1 is 1.30 bits per heavy atom. The molecular weight excluding hydrogens is 276 g/mol. The first-order chi connectivity index (χ1) is 9.75. The number of carboxylic acids is 1. The average Bonchev–Trinajstić information content (AvgIpc) is 2.98. The molecule has 2 heterocycles. The number of hydrogen-bond donors (Lipinski definition) is 1. The summed E-state index contributed by atoms with van der Waals surface area (Å²) in [7, 11) is 0. The summed E-state index contributed by atoms with van der Waals surface area (Å²) < 4.78 is 5.69. The Morgan fingerprint density at radius 2 is 2.15 bits per heavy atom. The highest BCUT2D eigenvalue weighted by molar-refractivity contribution is 7.99. The van der Waals surface area contributed by atoms with Gasteiger partial charge in [-0.2, -0.15) is 0 Å². The Bertz CT molecular complexity index is 620. The largest absolute Gasteiger partial charge is 0.478 e. The lowest BCUT2D eigenvalue weighted by Gasteiger charge is -2.17. The van der Waals surface area contributed by atoms with Crippen molar-refractivity contribution in [2.24, 2.45) is 0 Å². The quantitative estimate of drug-likeness (QED) is 0.933. The molecule has 0 amide bonds. The van der Waals surface area contributed by atoms with Crippen LogP contribution in [0.2, 0.25) is 0 Å². The summed E-state index contributed by atoms with van der Waals surface area (Å²) in [6.45, 7) is 0. The van der Waals surface area contributed by atoms with Crippen LogP contribution in [0.5, 0.6) is 0 Å². The zero-order valence-corrected chi connectivity index (χ0v) is 11.6. The molecular formula is C14H14N2O3S. The average molecular weight is 290 g/mol. The maximum atomic E-state index is 11.2. The first kappa shape index (κ1) is 13.2. The highest BCUT2D eigenvalue weighted by Crippen LogP contribution is 2.38. The molecule has 20 heavy (non-hydrogen) atoms. The van der Waals surface area contributed by atoms with Crippen LogP contribution in [0.4, 0.5) is 0 Å². The molecule has 0 bridgehead atoms. The smallest absolute Gasteiger partial charge is 0.336 e. The molecule has 1 aliphatic heterocycles. The van der Waals surface area contributed by atoms with Gasteiger partial charge in [0.1, 0.15) is 0 Å². The van der Waals surface area contributed by atoms with E-state index in [-0.39, 0.29) is 16.7 Å². The summed E-state index contributed by atoms with van der Waals surface area (Å²) in [6, 6.07) is 6.67. The molecule has 1 atom stereocenters. The third kappa shape index (κ3) is 2.56. The maximum absolute atomic E-state index is 11.2. The van der Waals surface area contributed by atoms with Crippen LogP contribution in [0, 0.1) is 0 Å². The fourth-order valence-electron chi connectivity index (χ4n) is 2.27. The zero-order valence-electron chi connectivity index (χ0n) is 10.8. The number of carboxylic acid groups (broad SMARTS) is 1. The number of benzene rings is 1. The zero-order chi connectivity index (χ0) is 13.9. The van der Waals surface area contributed by atoms with E-state index in [2.05, 4.69) is 10.2 Å². The molecule has 1 aromatic carbocycles. The van der Waals surface area contributed by atoms with Crippen molar-refractivity contribution in [3.63, 3.8) is 0 Å². The molecule has 5 nitrogen and oxygen atoms in total. The normalized spacial score (nSPS) is 18.9. The number of thioether (sulfide) groups is 1. The minimum absolute atomic E-state index is 0.180. The Kier molecular flexibility index (Phi) is 3.73. The second-order valence-electron chi connectivity index (χ2n) is 4.65. The molecule has 2 aromatic rings. The van der Waals surface area contributed by atoms with Crippen LogP contribution in [0.15, 0.2) is 28.7 Å². The fourth-order valence-corrected chi connectivity index (χ4v) is 3.49. The van der Waals surface area contributed by atoms with E-state index in [9.17, 15) is 9.90 Å². The number of aromatic carboxylic acids is 1. The summed E-state index contributed by atoms with van der Waals surface area (Å²) in [6.07, 6.45) is 3.43. The van der Waals surface area contributed by atoms with Gasteiger partial charge in [-0.25, -0.2) is 4.79 Å². The molecule has 3 rings (SSSR count). The van der Waals surface area contributed by atoms with E-state index >= 15 is 0 Å². The number of nitrogens with zero attached hydrogens (tertiary/aromatic N) is 2. The van der Waals surface area contributed by atoms with Crippen molar-refractivity contribution >= 4 is 17.7 Å². The molecule has 0 spiro atoms. The van der Waals surface area contributed by atoms with Crippen molar-refractivity contribution in [1.82, 2.24) is 10.2 Å². The number of carbonyl (C=O) groups is 1. The molecule has 1 saturated heterocycles. The van der Waals surface area contributed by atoms with Gasteiger partial charge >= 0.3 is 5.97 Å². The van der Waals surface area contributed by atoms with Gasteiger partial charge in [-0.1, -0.05) is 18.6 Å². The second kappa shape index (κ2) is 5.66. The Balaban J connectivity index is 1.92. The van der Waals surface area contributed by atoms with E-state index in [1.54, 1.807) is 18.2 Å². The van der Waals surface area contributed by atoms with Crippen LogP contribution < -0.4 is 0 Å². The van der Waals surface area contributed by atoms with Crippen LogP contribution in [0.25, 0.3) is 11.5 Å². The van der Waals surface area contributed by atoms with Crippen molar-refractivity contribution in [2.45, 2.75) is 24.5 Å². The van der Waals surface area contributed by atoms with Crippen LogP contribution >= 0.6 is 11.8 Å². The lowest BCUT2D eigenvalue weighted by molar-refractivity contribution is 0.0697. The van der Waals surface area contributed by atoms with E-state index in [0.717, 1.165) is 12.2 Å². The molecule has 1 N–H and O–H groups in total. The van der Waals surface area contributed by atoms with Gasteiger partial charge in [0, 0.05) is 0 Å². The molecule has 0 aliphatic carbocycles. The Labute approximate surface area is 120 Å². The Hall–Kier alpha value is -1.82. The van der Waals surface area contributed by atoms with Crippen molar-refractivity contribution in [3.05, 3.63) is 35.7 Å². The summed E-state index contributed by atoms with van der Waals surface area (Å²) in [5.74, 6) is 0.995. The first-order valence-corrected chi connectivity index (χ1v) is 7.58. The van der Waals surface area contributed by atoms with Crippen molar-refractivity contribution < 1.29 is 14.3 Å². The predicted molar refractivity (Wildman–Crippen MR) is 75.7 cm³/mol. The number of rotatable bonds is 3. The SMILES string of the molecule is O=C(O)c1ccccc1-c1nnc(C2CCCCS2)o1. The molecule has 1 aliphatic rings. The van der Waals surface area contributed by atoms with Crippen LogP contribution in [-0.4, -0.2) is 27.0 Å². The number of aromatic nitrogens is 2. The van der Waals surface area contributed by atoms with Crippen molar-refractivity contribution in [2.75, 3.05) is 5.75 Å². The lowest BCUT2D eigenvalue weighted by Crippen LogP contribution is -2.02. The molecule has 1 fully saturated rings. The topological polar surface area (TPSA) is 76.2 Å². The fraction of sp³-hybridized carbons (Fsp3) is 0.357. The molecule has 6 heteroatoms. The van der Waals surface area contributed by atoms with Gasteiger partial charge in [0.2, 0.25) is 11.8 Å². The molecule has 0 radical (unpaired) electrons. The number of hydrogen-bond acceptors (Lipinski definition) is 5. The molecule has 104 valence electrons. The monoisotopic (exact) mass is 290 g/mol. The van der Waals surface area contributed by atoms with Crippen LogP contribution in [0.1, 0.15) is 40.8 Å². The van der Waals surface area contributed by atoms with Gasteiger partial charge < -0.3 is 9.52 Å². The maximum Gasteiger partial charge on any atom is 0.336 e. The Morgan fingerprint density at radius 3 is 2.90 bits per heavy atom. The minimum Gasteiger partial charge on any atom is -0.478 e. The lowest BCUT2D eigenvalue weighted by atomic mass is 10.1. The molecule has 1 unspecified atom stereocenters. The van der Waals surface area contributed by atoms with Crippen LogP contribution in [0.3, 0.4) is 0 Å². The van der Waals surface area contributed by atoms with Gasteiger partial charge in [-0.05, 0) is 30.7 Å². The summed E-state index contributed by atoms with van der Waals surface area (Å²) in [4.78, 5) is 11.2. The van der Waals surface area contributed by atoms with E-state index in [0.29, 0.717) is 11.5 Å². The van der Waals surface area contributed by atoms with E-state index < -0.39 is 5.97 Å². The van der Waals surface area contributed by atoms with E-state index in [1.807, 2.05) is 11.8 Å². The van der Waals surface area contributed by atoms with Gasteiger partial charge in [0.15, 0.2) is 0 Å². The third-order valence-corrected chi connectivity index (χ3v) is 4.65. The van der Waals surface area contributed by atoms with Crippen molar-refractivity contribution in [3.8, 4) is 11.5 Å². The van der Waals surface area contributed by atoms with E-state index in [1.165, 1.54) is 18.9 Å². The third-order valence-electron chi connectivity index (χ3n) is 3.28. The standard InChI is InChI=1S/C14H14N2O3S/c17-14(18)10-6-2-1-5-9(10)12-15-16-13(19-12)11-7-3-4-8-20-11/h1-2,5-6,11H,3-4,7-8H2,(H,17,18). The van der Waals surface area contributed by atoms with Gasteiger partial charge in [-0.3, -0.25) is 0 Å². The van der Waals surface area contributed by atoms with Crippen LogP contribution in [-0.2, 0) is 0 Å². The summed E-state index contributed by atoms with van der Waals surface area (Å²) in [5, 5.41) is 17.5. The minimum atomic E-state index is -0.993. The molecule has 0 saturated carbocycles. The van der Waals surface area contributed by atoms with E-state index in [4.69, 9.17) is 4.42 Å². The highest BCUT2D eigenvalue weighted by atomic mass is 32.2.